The minimum atomic E-state index is -2.46. The van der Waals surface area contributed by atoms with Crippen molar-refractivity contribution in [3.63, 3.8) is 0 Å². The minimum Gasteiger partial charge on any atom is -0.370 e. The molecule has 1 saturated heterocycles. The lowest BCUT2D eigenvalue weighted by molar-refractivity contribution is -0.125. The van der Waals surface area contributed by atoms with E-state index in [0.29, 0.717) is 31.0 Å². The zero-order valence-electron chi connectivity index (χ0n) is 23.4. The highest BCUT2D eigenvalue weighted by atomic mass is 32.2. The second kappa shape index (κ2) is 11.3. The summed E-state index contributed by atoms with van der Waals surface area (Å²) in [5.41, 5.74) is 4.03. The van der Waals surface area contributed by atoms with Gasteiger partial charge in [-0.1, -0.05) is 25.0 Å². The molecule has 6 rings (SSSR count). The van der Waals surface area contributed by atoms with Crippen molar-refractivity contribution in [2.45, 2.75) is 50.9 Å². The molecule has 0 N–H and O–H groups in total. The number of rotatable bonds is 7. The number of halogens is 1. The molecule has 3 aliphatic rings. The Labute approximate surface area is 245 Å². The Kier molecular flexibility index (Phi) is 7.59. The van der Waals surface area contributed by atoms with Crippen molar-refractivity contribution in [3.8, 4) is 29.1 Å². The molecule has 3 fully saturated rings. The molecule has 216 valence electrons. The maximum absolute atomic E-state index is 13.7. The average molecular weight is 585 g/mol. The van der Waals surface area contributed by atoms with E-state index in [1.54, 1.807) is 23.0 Å². The van der Waals surface area contributed by atoms with Crippen molar-refractivity contribution >= 4 is 21.2 Å². The van der Waals surface area contributed by atoms with Crippen molar-refractivity contribution in [3.05, 3.63) is 66.2 Å². The van der Waals surface area contributed by atoms with E-state index in [-0.39, 0.29) is 23.4 Å². The molecule has 1 aromatic heterocycles. The fourth-order valence-corrected chi connectivity index (χ4v) is 7.94. The SMILES string of the molecule is N#CN=S1(=O)CCN(c2ccc(-c3cn(-c4ccc(F)cc4)nc3[C@@H]3CCCC[C@H]3C(=O)CC3(C#N)CC3)cc2)CC1. The van der Waals surface area contributed by atoms with E-state index in [9.17, 15) is 18.7 Å². The number of nitriles is 2. The summed E-state index contributed by atoms with van der Waals surface area (Å²) < 4.78 is 31.8. The summed E-state index contributed by atoms with van der Waals surface area (Å²) in [4.78, 5) is 15.7. The third kappa shape index (κ3) is 5.69. The molecule has 0 amide bonds. The van der Waals surface area contributed by atoms with Crippen LogP contribution in [0.15, 0.2) is 59.1 Å². The summed E-state index contributed by atoms with van der Waals surface area (Å²) in [6, 6.07) is 16.8. The summed E-state index contributed by atoms with van der Waals surface area (Å²) in [7, 11) is -2.46. The summed E-state index contributed by atoms with van der Waals surface area (Å²) in [6.45, 7) is 1.13. The Morgan fingerprint density at radius 3 is 2.33 bits per heavy atom. The molecular formula is C32H33FN6O2S. The molecular weight excluding hydrogens is 551 g/mol. The number of Topliss-reactive ketones (excluding diaryl/α,β-unsaturated/α-hetero) is 1. The molecule has 0 unspecified atom stereocenters. The van der Waals surface area contributed by atoms with E-state index in [2.05, 4.69) is 15.3 Å². The lowest BCUT2D eigenvalue weighted by Gasteiger charge is -2.31. The molecule has 2 atom stereocenters. The quantitative estimate of drug-likeness (QED) is 0.315. The van der Waals surface area contributed by atoms with Gasteiger partial charge in [0.25, 0.3) is 0 Å². The highest BCUT2D eigenvalue weighted by Gasteiger charge is 2.47. The van der Waals surface area contributed by atoms with Crippen molar-refractivity contribution < 1.29 is 13.4 Å². The number of benzene rings is 2. The number of carbonyl (C=O) groups is 1. The number of hydrogen-bond donors (Lipinski definition) is 0. The summed E-state index contributed by atoms with van der Waals surface area (Å²) in [5, 5.41) is 23.5. The van der Waals surface area contributed by atoms with Gasteiger partial charge in [-0.15, -0.1) is 4.36 Å². The van der Waals surface area contributed by atoms with Crippen LogP contribution in [0, 0.1) is 39.9 Å². The fraction of sp³-hybridized carbons (Fsp3) is 0.438. The van der Waals surface area contributed by atoms with E-state index in [4.69, 9.17) is 10.4 Å². The van der Waals surface area contributed by atoms with E-state index in [0.717, 1.165) is 66.7 Å². The zero-order valence-corrected chi connectivity index (χ0v) is 24.2. The molecule has 2 heterocycles. The number of carbonyl (C=O) groups excluding carboxylic acids is 1. The van der Waals surface area contributed by atoms with Crippen LogP contribution in [0.2, 0.25) is 0 Å². The molecule has 2 saturated carbocycles. The molecule has 8 nitrogen and oxygen atoms in total. The number of ketones is 1. The van der Waals surface area contributed by atoms with Crippen LogP contribution < -0.4 is 4.90 Å². The first-order valence-electron chi connectivity index (χ1n) is 14.6. The Balaban J connectivity index is 1.32. The molecule has 2 aliphatic carbocycles. The van der Waals surface area contributed by atoms with Gasteiger partial charge >= 0.3 is 0 Å². The van der Waals surface area contributed by atoms with Gasteiger partial charge in [0, 0.05) is 48.8 Å². The summed E-state index contributed by atoms with van der Waals surface area (Å²) >= 11 is 0. The van der Waals surface area contributed by atoms with Gasteiger partial charge < -0.3 is 4.90 Å². The smallest absolute Gasteiger partial charge is 0.214 e. The molecule has 3 aromatic rings. The first-order chi connectivity index (χ1) is 20.3. The maximum atomic E-state index is 13.7. The van der Waals surface area contributed by atoms with Crippen LogP contribution in [-0.4, -0.2) is 44.4 Å². The predicted octanol–water partition coefficient (Wildman–Crippen LogP) is 5.98. The number of anilines is 1. The van der Waals surface area contributed by atoms with E-state index in [1.165, 1.54) is 12.1 Å². The van der Waals surface area contributed by atoms with Gasteiger partial charge in [0.05, 0.1) is 44.1 Å². The molecule has 10 heteroatoms. The van der Waals surface area contributed by atoms with Crippen LogP contribution in [0.4, 0.5) is 10.1 Å². The lowest BCUT2D eigenvalue weighted by atomic mass is 9.72. The standard InChI is InChI=1S/C32H33FN6O2S/c33-24-7-11-26(12-8-24)39-20-29(23-5-9-25(10-6-23)38-15-17-42(41,18-16-38)36-22-35)31(37-39)28-4-2-1-3-27(28)30(40)19-32(21-34)13-14-32/h5-12,20,27-28H,1-4,13-19H2/t27-,28-/m1/s1. The largest absolute Gasteiger partial charge is 0.370 e. The Bertz CT molecular complexity index is 1670. The van der Waals surface area contributed by atoms with E-state index < -0.39 is 15.1 Å². The Morgan fingerprint density at radius 2 is 1.69 bits per heavy atom. The van der Waals surface area contributed by atoms with Gasteiger partial charge in [0.2, 0.25) is 6.19 Å². The van der Waals surface area contributed by atoms with Gasteiger partial charge in [-0.25, -0.2) is 13.3 Å². The second-order valence-corrected chi connectivity index (χ2v) is 14.3. The van der Waals surface area contributed by atoms with Crippen molar-refractivity contribution in [1.29, 1.82) is 10.5 Å². The topological polar surface area (TPSA) is 115 Å². The van der Waals surface area contributed by atoms with Crippen LogP contribution in [0.25, 0.3) is 16.8 Å². The molecule has 2 aromatic carbocycles. The predicted molar refractivity (Wildman–Crippen MR) is 159 cm³/mol. The van der Waals surface area contributed by atoms with Gasteiger partial charge in [0.1, 0.15) is 11.6 Å². The molecule has 1 aliphatic heterocycles. The normalized spacial score (nSPS) is 22.5. The second-order valence-electron chi connectivity index (χ2n) is 11.8. The number of nitrogens with zero attached hydrogens (tertiary/aromatic N) is 6. The number of aromatic nitrogens is 2. The van der Waals surface area contributed by atoms with Crippen molar-refractivity contribution in [2.24, 2.45) is 15.7 Å². The van der Waals surface area contributed by atoms with Crippen molar-refractivity contribution in [2.75, 3.05) is 29.5 Å². The van der Waals surface area contributed by atoms with Crippen LogP contribution >= 0.6 is 0 Å². The highest BCUT2D eigenvalue weighted by molar-refractivity contribution is 7.93. The fourth-order valence-electron chi connectivity index (χ4n) is 6.39. The molecule has 0 radical (unpaired) electrons. The van der Waals surface area contributed by atoms with Crippen LogP contribution in [0.3, 0.4) is 0 Å². The summed E-state index contributed by atoms with van der Waals surface area (Å²) in [6.07, 6.45) is 9.21. The third-order valence-corrected chi connectivity index (χ3v) is 11.1. The van der Waals surface area contributed by atoms with Crippen molar-refractivity contribution in [1.82, 2.24) is 9.78 Å². The Hall–Kier alpha value is -4.02. The Morgan fingerprint density at radius 1 is 1.02 bits per heavy atom. The van der Waals surface area contributed by atoms with E-state index in [1.807, 2.05) is 30.5 Å². The number of hydrogen-bond acceptors (Lipinski definition) is 7. The van der Waals surface area contributed by atoms with Crippen LogP contribution in [0.5, 0.6) is 0 Å². The first-order valence-corrected chi connectivity index (χ1v) is 16.4. The van der Waals surface area contributed by atoms with Gasteiger partial charge in [-0.3, -0.25) is 4.79 Å². The molecule has 0 bridgehead atoms. The zero-order chi connectivity index (χ0) is 29.3. The van der Waals surface area contributed by atoms with Gasteiger partial charge in [-0.2, -0.15) is 15.6 Å². The lowest BCUT2D eigenvalue weighted by Crippen LogP contribution is -2.40. The highest BCUT2D eigenvalue weighted by Crippen LogP contribution is 2.51. The van der Waals surface area contributed by atoms with Crippen LogP contribution in [-0.2, 0) is 14.5 Å². The monoisotopic (exact) mass is 584 g/mol. The third-order valence-electron chi connectivity index (χ3n) is 9.08. The molecule has 42 heavy (non-hydrogen) atoms. The first kappa shape index (κ1) is 28.1. The minimum absolute atomic E-state index is 0.0590. The van der Waals surface area contributed by atoms with Crippen LogP contribution in [0.1, 0.15) is 56.6 Å². The van der Waals surface area contributed by atoms with Gasteiger partial charge in [0.15, 0.2) is 0 Å². The van der Waals surface area contributed by atoms with E-state index >= 15 is 0 Å². The van der Waals surface area contributed by atoms with Gasteiger partial charge in [-0.05, 0) is 67.6 Å². The molecule has 0 spiro atoms. The summed E-state index contributed by atoms with van der Waals surface area (Å²) in [5.74, 6) is 0.335. The maximum Gasteiger partial charge on any atom is 0.214 e. The average Bonchev–Trinajstić information content (AvgIpc) is 3.64.